The number of hydrogen-bond acceptors (Lipinski definition) is 6. The van der Waals surface area contributed by atoms with Crippen molar-refractivity contribution in [1.82, 2.24) is 14.9 Å². The van der Waals surface area contributed by atoms with Crippen molar-refractivity contribution in [1.29, 1.82) is 0 Å². The first-order valence-electron chi connectivity index (χ1n) is 6.69. The molecule has 126 valence electrons. The summed E-state index contributed by atoms with van der Waals surface area (Å²) >= 11 is 13.2. The van der Waals surface area contributed by atoms with Crippen molar-refractivity contribution < 1.29 is 9.90 Å². The van der Waals surface area contributed by atoms with Gasteiger partial charge < -0.3 is 5.11 Å². The SMILES string of the molecule is Cc1nnc(SCCC(=O)O)n(/N=C/c2c(Cl)cccc2Cl)c1=O. The molecule has 1 N–H and O–H groups in total. The zero-order valence-electron chi connectivity index (χ0n) is 12.4. The van der Waals surface area contributed by atoms with Crippen LogP contribution in [0.5, 0.6) is 0 Å². The Morgan fingerprint density at radius 2 is 2.04 bits per heavy atom. The lowest BCUT2D eigenvalue weighted by atomic mass is 10.2. The molecule has 0 atom stereocenters. The molecule has 7 nitrogen and oxygen atoms in total. The molecular formula is C14H12Cl2N4O3S. The molecule has 0 aliphatic heterocycles. The number of aryl methyl sites for hydroxylation is 1. The molecule has 1 heterocycles. The fraction of sp³-hybridized carbons (Fsp3) is 0.214. The molecule has 1 aromatic carbocycles. The molecule has 0 saturated heterocycles. The Bertz CT molecular complexity index is 834. The molecule has 24 heavy (non-hydrogen) atoms. The third kappa shape index (κ3) is 4.56. The van der Waals surface area contributed by atoms with Gasteiger partial charge in [-0.05, 0) is 19.1 Å². The van der Waals surface area contributed by atoms with E-state index in [1.807, 2.05) is 0 Å². The van der Waals surface area contributed by atoms with Crippen LogP contribution < -0.4 is 5.56 Å². The monoisotopic (exact) mass is 386 g/mol. The van der Waals surface area contributed by atoms with Crippen LogP contribution in [0.1, 0.15) is 17.7 Å². The zero-order valence-corrected chi connectivity index (χ0v) is 14.8. The van der Waals surface area contributed by atoms with Crippen LogP contribution in [0.25, 0.3) is 0 Å². The number of aromatic nitrogens is 3. The van der Waals surface area contributed by atoms with Gasteiger partial charge in [-0.15, -0.1) is 10.2 Å². The van der Waals surface area contributed by atoms with Gasteiger partial charge in [0.2, 0.25) is 5.16 Å². The number of nitrogens with zero attached hydrogens (tertiary/aromatic N) is 4. The summed E-state index contributed by atoms with van der Waals surface area (Å²) in [5.74, 6) is -0.711. The lowest BCUT2D eigenvalue weighted by molar-refractivity contribution is -0.136. The zero-order chi connectivity index (χ0) is 17.7. The number of benzene rings is 1. The van der Waals surface area contributed by atoms with Gasteiger partial charge in [0.15, 0.2) is 0 Å². The first kappa shape index (κ1) is 18.4. The van der Waals surface area contributed by atoms with Gasteiger partial charge in [0.25, 0.3) is 5.56 Å². The summed E-state index contributed by atoms with van der Waals surface area (Å²) in [6.07, 6.45) is 1.28. The Morgan fingerprint density at radius 3 is 2.67 bits per heavy atom. The molecule has 2 aromatic rings. The van der Waals surface area contributed by atoms with Crippen molar-refractivity contribution in [3.8, 4) is 0 Å². The minimum atomic E-state index is -0.942. The molecule has 0 amide bonds. The van der Waals surface area contributed by atoms with Crippen LogP contribution in [0.3, 0.4) is 0 Å². The summed E-state index contributed by atoms with van der Waals surface area (Å²) in [6.45, 7) is 1.51. The normalized spacial score (nSPS) is 11.1. The number of aliphatic carboxylic acids is 1. The molecule has 1 aromatic heterocycles. The standard InChI is InChI=1S/C14H12Cl2N4O3S/c1-8-13(23)20(14(19-18-8)24-6-5-12(21)22)17-7-9-10(15)3-2-4-11(9)16/h2-4,7H,5-6H2,1H3,(H,21,22)/b17-7+. The van der Waals surface area contributed by atoms with E-state index in [2.05, 4.69) is 15.3 Å². The summed E-state index contributed by atoms with van der Waals surface area (Å²) in [5.41, 5.74) is 0.172. The second kappa shape index (κ2) is 8.27. The van der Waals surface area contributed by atoms with E-state index in [-0.39, 0.29) is 23.0 Å². The minimum absolute atomic E-state index is 0.0749. The number of thioether (sulfide) groups is 1. The van der Waals surface area contributed by atoms with Crippen molar-refractivity contribution in [2.24, 2.45) is 5.10 Å². The van der Waals surface area contributed by atoms with Crippen LogP contribution in [0.4, 0.5) is 0 Å². The van der Waals surface area contributed by atoms with E-state index < -0.39 is 11.5 Å². The molecule has 2 rings (SSSR count). The number of halogens is 2. The van der Waals surface area contributed by atoms with Gasteiger partial charge >= 0.3 is 5.97 Å². The van der Waals surface area contributed by atoms with Crippen LogP contribution in [-0.4, -0.2) is 37.9 Å². The third-order valence-electron chi connectivity index (χ3n) is 2.82. The number of carbonyl (C=O) groups is 1. The summed E-state index contributed by atoms with van der Waals surface area (Å²) < 4.78 is 1.05. The topological polar surface area (TPSA) is 97.4 Å². The average Bonchev–Trinajstić information content (AvgIpc) is 2.52. The lowest BCUT2D eigenvalue weighted by Crippen LogP contribution is -2.24. The Hall–Kier alpha value is -1.90. The molecule has 0 bridgehead atoms. The highest BCUT2D eigenvalue weighted by Gasteiger charge is 2.11. The lowest BCUT2D eigenvalue weighted by Gasteiger charge is -2.06. The van der Waals surface area contributed by atoms with Crippen molar-refractivity contribution in [2.75, 3.05) is 5.75 Å². The maximum Gasteiger partial charge on any atom is 0.304 e. The predicted octanol–water partition coefficient (Wildman–Crippen LogP) is 2.70. The van der Waals surface area contributed by atoms with E-state index in [0.29, 0.717) is 15.6 Å². The predicted molar refractivity (Wildman–Crippen MR) is 93.5 cm³/mol. The molecular weight excluding hydrogens is 375 g/mol. The van der Waals surface area contributed by atoms with E-state index >= 15 is 0 Å². The molecule has 10 heteroatoms. The Morgan fingerprint density at radius 1 is 1.38 bits per heavy atom. The molecule has 0 fully saturated rings. The van der Waals surface area contributed by atoms with Crippen LogP contribution in [0.2, 0.25) is 10.0 Å². The largest absolute Gasteiger partial charge is 0.481 e. The Balaban J connectivity index is 2.37. The fourth-order valence-electron chi connectivity index (χ4n) is 1.61. The summed E-state index contributed by atoms with van der Waals surface area (Å²) in [5, 5.41) is 21.4. The van der Waals surface area contributed by atoms with E-state index in [9.17, 15) is 9.59 Å². The highest BCUT2D eigenvalue weighted by atomic mass is 35.5. The molecule has 0 spiro atoms. The number of carboxylic acids is 1. The molecule has 0 aliphatic rings. The van der Waals surface area contributed by atoms with E-state index in [1.165, 1.54) is 13.1 Å². The smallest absolute Gasteiger partial charge is 0.304 e. The maximum atomic E-state index is 12.2. The minimum Gasteiger partial charge on any atom is -0.481 e. The molecule has 0 radical (unpaired) electrons. The van der Waals surface area contributed by atoms with Crippen LogP contribution in [0.15, 0.2) is 33.3 Å². The van der Waals surface area contributed by atoms with Crippen LogP contribution >= 0.6 is 35.0 Å². The highest BCUT2D eigenvalue weighted by molar-refractivity contribution is 7.99. The Labute approximate surface area is 151 Å². The van der Waals surface area contributed by atoms with Gasteiger partial charge in [0.1, 0.15) is 5.69 Å². The summed E-state index contributed by atoms with van der Waals surface area (Å²) in [6, 6.07) is 4.99. The summed E-state index contributed by atoms with van der Waals surface area (Å²) in [4.78, 5) is 22.8. The van der Waals surface area contributed by atoms with Gasteiger partial charge in [0, 0.05) is 11.3 Å². The van der Waals surface area contributed by atoms with Crippen molar-refractivity contribution in [2.45, 2.75) is 18.5 Å². The first-order chi connectivity index (χ1) is 11.4. The van der Waals surface area contributed by atoms with Crippen LogP contribution in [0, 0.1) is 6.92 Å². The van der Waals surface area contributed by atoms with E-state index in [1.54, 1.807) is 18.2 Å². The average molecular weight is 387 g/mol. The highest BCUT2D eigenvalue weighted by Crippen LogP contribution is 2.22. The van der Waals surface area contributed by atoms with Gasteiger partial charge in [-0.25, -0.2) is 0 Å². The maximum absolute atomic E-state index is 12.2. The first-order valence-corrected chi connectivity index (χ1v) is 8.43. The van der Waals surface area contributed by atoms with Gasteiger partial charge in [-0.3, -0.25) is 9.59 Å². The number of rotatable bonds is 6. The molecule has 0 unspecified atom stereocenters. The van der Waals surface area contributed by atoms with Gasteiger partial charge in [-0.2, -0.15) is 9.78 Å². The molecule has 0 saturated carbocycles. The van der Waals surface area contributed by atoms with E-state index in [0.717, 1.165) is 16.4 Å². The van der Waals surface area contributed by atoms with Gasteiger partial charge in [-0.1, -0.05) is 41.0 Å². The van der Waals surface area contributed by atoms with Crippen molar-refractivity contribution in [3.63, 3.8) is 0 Å². The van der Waals surface area contributed by atoms with Crippen molar-refractivity contribution in [3.05, 3.63) is 49.9 Å². The quantitative estimate of drug-likeness (QED) is 0.605. The summed E-state index contributed by atoms with van der Waals surface area (Å²) in [7, 11) is 0. The van der Waals surface area contributed by atoms with Gasteiger partial charge in [0.05, 0.1) is 22.7 Å². The van der Waals surface area contributed by atoms with Crippen LogP contribution in [-0.2, 0) is 4.79 Å². The van der Waals surface area contributed by atoms with Crippen molar-refractivity contribution >= 4 is 47.1 Å². The second-order valence-electron chi connectivity index (χ2n) is 4.56. The number of carboxylic acid groups (broad SMARTS) is 1. The number of hydrogen-bond donors (Lipinski definition) is 1. The molecule has 0 aliphatic carbocycles. The Kier molecular flexibility index (Phi) is 6.36. The van der Waals surface area contributed by atoms with E-state index in [4.69, 9.17) is 28.3 Å². The second-order valence-corrected chi connectivity index (χ2v) is 6.43. The fourth-order valence-corrected chi connectivity index (χ4v) is 2.92. The third-order valence-corrected chi connectivity index (χ3v) is 4.40.